The molecule has 2 fully saturated rings. The highest BCUT2D eigenvalue weighted by molar-refractivity contribution is 8.01. The number of aromatic nitrogens is 2. The Kier molecular flexibility index (Phi) is 4.06. The topological polar surface area (TPSA) is 67.2 Å². The number of rotatable bonds is 3. The van der Waals surface area contributed by atoms with Gasteiger partial charge in [0.15, 0.2) is 0 Å². The van der Waals surface area contributed by atoms with E-state index in [1.807, 2.05) is 48.9 Å². The number of hydrogen-bond donors (Lipinski definition) is 1. The Balaban J connectivity index is 1.59. The van der Waals surface area contributed by atoms with Crippen LogP contribution in [0.5, 0.6) is 0 Å². The zero-order chi connectivity index (χ0) is 18.5. The van der Waals surface area contributed by atoms with E-state index in [9.17, 15) is 9.59 Å². The molecule has 26 heavy (non-hydrogen) atoms. The summed E-state index contributed by atoms with van der Waals surface area (Å²) < 4.78 is 1.83. The monoisotopic (exact) mass is 370 g/mol. The van der Waals surface area contributed by atoms with E-state index < -0.39 is 6.04 Å². The van der Waals surface area contributed by atoms with Crippen molar-refractivity contribution in [3.05, 3.63) is 41.7 Å². The van der Waals surface area contributed by atoms with Crippen LogP contribution in [0, 0.1) is 13.8 Å². The first-order valence-corrected chi connectivity index (χ1v) is 9.78. The first kappa shape index (κ1) is 17.1. The van der Waals surface area contributed by atoms with Crippen LogP contribution in [0.3, 0.4) is 0 Å². The Hall–Kier alpha value is -2.28. The van der Waals surface area contributed by atoms with Crippen molar-refractivity contribution >= 4 is 29.3 Å². The van der Waals surface area contributed by atoms with Gasteiger partial charge in [-0.15, -0.1) is 11.8 Å². The van der Waals surface area contributed by atoms with Gasteiger partial charge in [-0.05, 0) is 39.3 Å². The molecule has 0 aliphatic carbocycles. The predicted octanol–water partition coefficient (Wildman–Crippen LogP) is 2.88. The summed E-state index contributed by atoms with van der Waals surface area (Å²) in [7, 11) is 0. The van der Waals surface area contributed by atoms with Gasteiger partial charge in [-0.2, -0.15) is 5.10 Å². The SMILES string of the molecule is Cc1nn(-c2ccccc2)c(C)c1NC(=O)[C@H]1CS[C@]2(C)CCC(=O)N12. The van der Waals surface area contributed by atoms with Crippen LogP contribution in [-0.4, -0.2) is 43.2 Å². The molecule has 0 bridgehead atoms. The fraction of sp³-hybridized carbons (Fsp3) is 0.421. The lowest BCUT2D eigenvalue weighted by atomic mass is 10.2. The number of anilines is 1. The number of benzene rings is 1. The molecule has 1 N–H and O–H groups in total. The minimum absolute atomic E-state index is 0.0751. The summed E-state index contributed by atoms with van der Waals surface area (Å²) in [4.78, 5) is 26.7. The minimum Gasteiger partial charge on any atom is -0.321 e. The number of nitrogens with zero attached hydrogens (tertiary/aromatic N) is 3. The molecule has 2 amide bonds. The summed E-state index contributed by atoms with van der Waals surface area (Å²) in [5.41, 5.74) is 3.32. The second-order valence-electron chi connectivity index (χ2n) is 7.05. The lowest BCUT2D eigenvalue weighted by Gasteiger charge is -2.29. The quantitative estimate of drug-likeness (QED) is 0.902. The maximum Gasteiger partial charge on any atom is 0.248 e. The van der Waals surface area contributed by atoms with Crippen molar-refractivity contribution in [1.29, 1.82) is 0 Å². The number of hydrogen-bond acceptors (Lipinski definition) is 4. The molecule has 7 heteroatoms. The summed E-state index contributed by atoms with van der Waals surface area (Å²) in [6, 6.07) is 9.41. The molecule has 3 heterocycles. The summed E-state index contributed by atoms with van der Waals surface area (Å²) in [5, 5.41) is 7.60. The zero-order valence-corrected chi connectivity index (χ0v) is 16.0. The Morgan fingerprint density at radius 1 is 1.31 bits per heavy atom. The van der Waals surface area contributed by atoms with Gasteiger partial charge in [0.05, 0.1) is 27.6 Å². The Morgan fingerprint density at radius 2 is 2.04 bits per heavy atom. The normalized spacial score (nSPS) is 24.8. The largest absolute Gasteiger partial charge is 0.321 e. The molecule has 0 unspecified atom stereocenters. The van der Waals surface area contributed by atoms with Gasteiger partial charge < -0.3 is 10.2 Å². The van der Waals surface area contributed by atoms with Gasteiger partial charge in [-0.3, -0.25) is 9.59 Å². The van der Waals surface area contributed by atoms with E-state index in [1.165, 1.54) is 0 Å². The van der Waals surface area contributed by atoms with E-state index in [4.69, 9.17) is 0 Å². The average molecular weight is 370 g/mol. The van der Waals surface area contributed by atoms with Gasteiger partial charge in [0, 0.05) is 12.2 Å². The van der Waals surface area contributed by atoms with Crippen molar-refractivity contribution in [3.8, 4) is 5.69 Å². The molecule has 0 radical (unpaired) electrons. The van der Waals surface area contributed by atoms with Crippen LogP contribution in [0.2, 0.25) is 0 Å². The lowest BCUT2D eigenvalue weighted by molar-refractivity contribution is -0.135. The van der Waals surface area contributed by atoms with Crippen molar-refractivity contribution < 1.29 is 9.59 Å². The minimum atomic E-state index is -0.418. The van der Waals surface area contributed by atoms with Crippen LogP contribution < -0.4 is 5.32 Å². The van der Waals surface area contributed by atoms with Crippen LogP contribution in [0.25, 0.3) is 5.69 Å². The van der Waals surface area contributed by atoms with Crippen LogP contribution in [-0.2, 0) is 9.59 Å². The number of carbonyl (C=O) groups is 2. The number of fused-ring (bicyclic) bond motifs is 1. The fourth-order valence-electron chi connectivity index (χ4n) is 3.87. The smallest absolute Gasteiger partial charge is 0.248 e. The van der Waals surface area contributed by atoms with Crippen molar-refractivity contribution in [2.24, 2.45) is 0 Å². The maximum atomic E-state index is 12.9. The third kappa shape index (κ3) is 2.61. The highest BCUT2D eigenvalue weighted by Crippen LogP contribution is 2.47. The Morgan fingerprint density at radius 3 is 2.77 bits per heavy atom. The number of carbonyl (C=O) groups excluding carboxylic acids is 2. The molecular formula is C19H22N4O2S. The molecule has 6 nitrogen and oxygen atoms in total. The van der Waals surface area contributed by atoms with E-state index in [2.05, 4.69) is 17.3 Å². The molecule has 136 valence electrons. The number of amides is 2. The Bertz CT molecular complexity index is 879. The average Bonchev–Trinajstić information content (AvgIpc) is 3.22. The van der Waals surface area contributed by atoms with E-state index in [0.717, 1.165) is 29.2 Å². The third-order valence-electron chi connectivity index (χ3n) is 5.29. The highest BCUT2D eigenvalue weighted by Gasteiger charge is 2.53. The van der Waals surface area contributed by atoms with E-state index in [1.54, 1.807) is 16.7 Å². The highest BCUT2D eigenvalue weighted by atomic mass is 32.2. The molecule has 2 saturated heterocycles. The molecule has 2 aliphatic heterocycles. The van der Waals surface area contributed by atoms with Crippen molar-refractivity contribution in [3.63, 3.8) is 0 Å². The second-order valence-corrected chi connectivity index (χ2v) is 8.55. The molecule has 0 spiro atoms. The van der Waals surface area contributed by atoms with E-state index in [-0.39, 0.29) is 16.7 Å². The lowest BCUT2D eigenvalue weighted by Crippen LogP contribution is -2.48. The molecule has 4 rings (SSSR count). The van der Waals surface area contributed by atoms with Crippen molar-refractivity contribution in [2.75, 3.05) is 11.1 Å². The summed E-state index contributed by atoms with van der Waals surface area (Å²) in [5.74, 6) is 0.584. The van der Waals surface area contributed by atoms with Gasteiger partial charge >= 0.3 is 0 Å². The summed E-state index contributed by atoms with van der Waals surface area (Å²) >= 11 is 1.70. The predicted molar refractivity (Wildman–Crippen MR) is 102 cm³/mol. The molecule has 1 aromatic heterocycles. The fourth-order valence-corrected chi connectivity index (χ4v) is 5.30. The zero-order valence-electron chi connectivity index (χ0n) is 15.2. The van der Waals surface area contributed by atoms with Crippen LogP contribution in [0.15, 0.2) is 30.3 Å². The number of thioether (sulfide) groups is 1. The van der Waals surface area contributed by atoms with Crippen molar-refractivity contribution in [1.82, 2.24) is 14.7 Å². The van der Waals surface area contributed by atoms with Gasteiger partial charge in [0.2, 0.25) is 11.8 Å². The summed E-state index contributed by atoms with van der Waals surface area (Å²) in [6.45, 7) is 5.88. The van der Waals surface area contributed by atoms with E-state index >= 15 is 0 Å². The standard InChI is InChI=1S/C19H22N4O2S/c1-12-17(13(2)23(21-12)14-7-5-4-6-8-14)20-18(25)15-11-26-19(3)10-9-16(24)22(15)19/h4-8,15H,9-11H2,1-3H3,(H,20,25)/t15-,19-/m1/s1. The first-order chi connectivity index (χ1) is 12.4. The third-order valence-corrected chi connectivity index (χ3v) is 6.79. The van der Waals surface area contributed by atoms with Gasteiger partial charge in [0.25, 0.3) is 0 Å². The van der Waals surface area contributed by atoms with Gasteiger partial charge in [-0.1, -0.05) is 18.2 Å². The molecule has 1 aromatic carbocycles. The Labute approximate surface area is 156 Å². The molecule has 2 atom stereocenters. The molecule has 2 aromatic rings. The maximum absolute atomic E-state index is 12.9. The van der Waals surface area contributed by atoms with Crippen LogP contribution in [0.4, 0.5) is 5.69 Å². The summed E-state index contributed by atoms with van der Waals surface area (Å²) in [6.07, 6.45) is 1.33. The van der Waals surface area contributed by atoms with Crippen LogP contribution in [0.1, 0.15) is 31.2 Å². The number of para-hydroxylation sites is 1. The first-order valence-electron chi connectivity index (χ1n) is 8.79. The van der Waals surface area contributed by atoms with E-state index in [0.29, 0.717) is 12.2 Å². The number of nitrogens with one attached hydrogen (secondary N) is 1. The van der Waals surface area contributed by atoms with Gasteiger partial charge in [0.1, 0.15) is 6.04 Å². The van der Waals surface area contributed by atoms with Crippen molar-refractivity contribution in [2.45, 2.75) is 44.5 Å². The number of aryl methyl sites for hydroxylation is 1. The molecule has 0 saturated carbocycles. The molecular weight excluding hydrogens is 348 g/mol. The van der Waals surface area contributed by atoms with Gasteiger partial charge in [-0.25, -0.2) is 4.68 Å². The second kappa shape index (κ2) is 6.16. The molecule has 2 aliphatic rings. The van der Waals surface area contributed by atoms with Crippen LogP contribution >= 0.6 is 11.8 Å².